The number of imide groups is 2. The third-order valence-corrected chi connectivity index (χ3v) is 5.50. The molecule has 1 unspecified atom stereocenters. The van der Waals surface area contributed by atoms with E-state index in [1.165, 1.54) is 0 Å². The van der Waals surface area contributed by atoms with Gasteiger partial charge in [-0.3, -0.25) is 24.2 Å². The zero-order valence-corrected chi connectivity index (χ0v) is 16.4. The normalized spacial score (nSPS) is 21.2. The van der Waals surface area contributed by atoms with Crippen molar-refractivity contribution in [3.05, 3.63) is 58.5 Å². The minimum atomic E-state index is -1.20. The van der Waals surface area contributed by atoms with Gasteiger partial charge in [-0.05, 0) is 45.4 Å². The first kappa shape index (κ1) is 18.9. The number of benzene rings is 1. The van der Waals surface area contributed by atoms with Gasteiger partial charge in [-0.1, -0.05) is 12.1 Å². The van der Waals surface area contributed by atoms with Crippen molar-refractivity contribution in [1.82, 2.24) is 15.1 Å². The molecule has 8 nitrogen and oxygen atoms in total. The first-order valence-electron chi connectivity index (χ1n) is 9.41. The van der Waals surface area contributed by atoms with Crippen LogP contribution in [0.25, 0.3) is 0 Å². The molecule has 5 amide bonds. The fourth-order valence-corrected chi connectivity index (χ4v) is 4.04. The molecule has 0 radical (unpaired) electrons. The summed E-state index contributed by atoms with van der Waals surface area (Å²) in [6.07, 6.45) is 0.296. The molecule has 8 heteroatoms. The lowest BCUT2D eigenvalue weighted by atomic mass is 9.92. The van der Waals surface area contributed by atoms with E-state index in [9.17, 15) is 19.2 Å². The van der Waals surface area contributed by atoms with Crippen molar-refractivity contribution in [3.8, 4) is 0 Å². The summed E-state index contributed by atoms with van der Waals surface area (Å²) >= 11 is 0. The zero-order chi connectivity index (χ0) is 20.9. The maximum absolute atomic E-state index is 13.0. The van der Waals surface area contributed by atoms with E-state index < -0.39 is 11.6 Å². The van der Waals surface area contributed by atoms with E-state index >= 15 is 0 Å². The molecule has 1 aromatic carbocycles. The molecule has 1 saturated heterocycles. The molecule has 2 aliphatic heterocycles. The van der Waals surface area contributed by atoms with Gasteiger partial charge in [0.25, 0.3) is 17.7 Å². The molecule has 1 atom stereocenters. The number of rotatable bonds is 5. The van der Waals surface area contributed by atoms with Crippen LogP contribution in [0.1, 0.15) is 51.1 Å². The van der Waals surface area contributed by atoms with Crippen molar-refractivity contribution < 1.29 is 23.6 Å². The number of aryl methyl sites for hydroxylation is 2. The number of carbonyl (C=O) groups excluding carboxylic acids is 4. The molecule has 1 aromatic heterocycles. The number of hydrogen-bond donors (Lipinski definition) is 1. The second-order valence-corrected chi connectivity index (χ2v) is 7.50. The summed E-state index contributed by atoms with van der Waals surface area (Å²) in [5.74, 6) is 0.152. The highest BCUT2D eigenvalue weighted by Crippen LogP contribution is 2.33. The minimum absolute atomic E-state index is 0.101. The lowest BCUT2D eigenvalue weighted by Gasteiger charge is -2.21. The first-order valence-corrected chi connectivity index (χ1v) is 9.41. The largest absolute Gasteiger partial charge is 0.466 e. The average molecular weight is 395 g/mol. The summed E-state index contributed by atoms with van der Waals surface area (Å²) in [7, 11) is 0. The number of fused-ring (bicyclic) bond motifs is 1. The molecule has 0 spiro atoms. The van der Waals surface area contributed by atoms with Crippen LogP contribution in [0.5, 0.6) is 0 Å². The summed E-state index contributed by atoms with van der Waals surface area (Å²) < 4.78 is 5.51. The Morgan fingerprint density at radius 1 is 0.966 bits per heavy atom. The highest BCUT2D eigenvalue weighted by molar-refractivity contribution is 6.21. The Morgan fingerprint density at radius 3 is 2.10 bits per heavy atom. The Bertz CT molecular complexity index is 1020. The van der Waals surface area contributed by atoms with E-state index in [4.69, 9.17) is 4.42 Å². The number of amides is 5. The summed E-state index contributed by atoms with van der Waals surface area (Å²) in [6, 6.07) is 7.90. The molecule has 2 aliphatic rings. The van der Waals surface area contributed by atoms with Crippen LogP contribution in [0.2, 0.25) is 0 Å². The molecule has 4 rings (SSSR count). The molecule has 0 saturated carbocycles. The quantitative estimate of drug-likeness (QED) is 0.619. The number of nitrogens with one attached hydrogen (secondary N) is 1. The number of furan rings is 1. The second-order valence-electron chi connectivity index (χ2n) is 7.50. The van der Waals surface area contributed by atoms with Gasteiger partial charge in [0, 0.05) is 18.7 Å². The lowest BCUT2D eigenvalue weighted by molar-refractivity contribution is -0.131. The van der Waals surface area contributed by atoms with Crippen LogP contribution >= 0.6 is 0 Å². The number of nitrogens with zero attached hydrogens (tertiary/aromatic N) is 2. The standard InChI is InChI=1S/C21H21N3O5/c1-12-11-16(13(2)29-12)21(3)19(27)24(20(28)22-21)10-6-9-23-17(25)14-7-4-5-8-15(14)18(23)26/h4-5,7-8,11H,6,9-10H2,1-3H3,(H,22,28). The van der Waals surface area contributed by atoms with E-state index in [0.29, 0.717) is 34.6 Å². The third-order valence-electron chi connectivity index (χ3n) is 5.50. The monoisotopic (exact) mass is 395 g/mol. The van der Waals surface area contributed by atoms with Gasteiger partial charge in [0.15, 0.2) is 0 Å². The molecule has 0 bridgehead atoms. The van der Waals surface area contributed by atoms with Crippen LogP contribution in [0.3, 0.4) is 0 Å². The van der Waals surface area contributed by atoms with Gasteiger partial charge in [0.1, 0.15) is 17.1 Å². The molecule has 150 valence electrons. The van der Waals surface area contributed by atoms with Crippen molar-refractivity contribution in [2.75, 3.05) is 13.1 Å². The van der Waals surface area contributed by atoms with Gasteiger partial charge in [-0.2, -0.15) is 0 Å². The molecule has 0 aliphatic carbocycles. The van der Waals surface area contributed by atoms with Gasteiger partial charge in [0.2, 0.25) is 0 Å². The predicted octanol–water partition coefficient (Wildman–Crippen LogP) is 2.35. The number of hydrogen-bond acceptors (Lipinski definition) is 5. The van der Waals surface area contributed by atoms with Gasteiger partial charge in [0.05, 0.1) is 11.1 Å². The van der Waals surface area contributed by atoms with Crippen molar-refractivity contribution in [2.24, 2.45) is 0 Å². The Morgan fingerprint density at radius 2 is 1.55 bits per heavy atom. The molecular formula is C21H21N3O5. The highest BCUT2D eigenvalue weighted by atomic mass is 16.3. The molecule has 2 aromatic rings. The third kappa shape index (κ3) is 2.83. The van der Waals surface area contributed by atoms with Crippen LogP contribution < -0.4 is 5.32 Å². The van der Waals surface area contributed by atoms with E-state index in [1.807, 2.05) is 0 Å². The second kappa shape index (κ2) is 6.58. The van der Waals surface area contributed by atoms with Crippen molar-refractivity contribution in [3.63, 3.8) is 0 Å². The van der Waals surface area contributed by atoms with E-state index in [2.05, 4.69) is 5.32 Å². The van der Waals surface area contributed by atoms with Crippen molar-refractivity contribution in [1.29, 1.82) is 0 Å². The smallest absolute Gasteiger partial charge is 0.325 e. The number of urea groups is 1. The summed E-state index contributed by atoms with van der Waals surface area (Å²) in [5.41, 5.74) is 0.182. The summed E-state index contributed by atoms with van der Waals surface area (Å²) in [5, 5.41) is 2.74. The Balaban J connectivity index is 1.44. The van der Waals surface area contributed by atoms with Crippen molar-refractivity contribution >= 4 is 23.8 Å². The predicted molar refractivity (Wildman–Crippen MR) is 102 cm³/mol. The molecular weight excluding hydrogens is 374 g/mol. The first-order chi connectivity index (χ1) is 13.7. The maximum Gasteiger partial charge on any atom is 0.325 e. The van der Waals surface area contributed by atoms with Crippen LogP contribution in [-0.2, 0) is 10.3 Å². The summed E-state index contributed by atoms with van der Waals surface area (Å²) in [4.78, 5) is 52.6. The van der Waals surface area contributed by atoms with Crippen LogP contribution in [0, 0.1) is 13.8 Å². The average Bonchev–Trinajstić information content (AvgIpc) is 3.23. The fourth-order valence-electron chi connectivity index (χ4n) is 4.04. The molecule has 1 N–H and O–H groups in total. The Kier molecular flexibility index (Phi) is 4.29. The Labute approximate surface area is 167 Å². The maximum atomic E-state index is 13.0. The topological polar surface area (TPSA) is 99.9 Å². The van der Waals surface area contributed by atoms with Crippen LogP contribution in [0.15, 0.2) is 34.7 Å². The minimum Gasteiger partial charge on any atom is -0.466 e. The van der Waals surface area contributed by atoms with Crippen molar-refractivity contribution in [2.45, 2.75) is 32.7 Å². The Hall–Kier alpha value is -3.42. The van der Waals surface area contributed by atoms with E-state index in [-0.39, 0.29) is 30.8 Å². The van der Waals surface area contributed by atoms with Gasteiger partial charge < -0.3 is 9.73 Å². The summed E-state index contributed by atoms with van der Waals surface area (Å²) in [6.45, 7) is 5.40. The van der Waals surface area contributed by atoms with Gasteiger partial charge in [-0.15, -0.1) is 0 Å². The molecule has 1 fully saturated rings. The van der Waals surface area contributed by atoms with E-state index in [1.54, 1.807) is 51.1 Å². The lowest BCUT2D eigenvalue weighted by Crippen LogP contribution is -2.41. The van der Waals surface area contributed by atoms with Crippen LogP contribution in [0.4, 0.5) is 4.79 Å². The van der Waals surface area contributed by atoms with Gasteiger partial charge >= 0.3 is 6.03 Å². The fraction of sp³-hybridized carbons (Fsp3) is 0.333. The molecule has 29 heavy (non-hydrogen) atoms. The van der Waals surface area contributed by atoms with E-state index in [0.717, 1.165) is 9.80 Å². The SMILES string of the molecule is Cc1cc(C2(C)NC(=O)N(CCCN3C(=O)c4ccccc4C3=O)C2=O)c(C)o1. The number of carbonyl (C=O) groups is 4. The highest BCUT2D eigenvalue weighted by Gasteiger charge is 2.50. The molecule has 3 heterocycles. The zero-order valence-electron chi connectivity index (χ0n) is 16.4. The van der Waals surface area contributed by atoms with Crippen LogP contribution in [-0.4, -0.2) is 46.6 Å². The van der Waals surface area contributed by atoms with Gasteiger partial charge in [-0.25, -0.2) is 4.79 Å².